The molecular weight excluding hydrogens is 366 g/mol. The minimum absolute atomic E-state index is 0.0255. The van der Waals surface area contributed by atoms with Crippen LogP contribution in [0.15, 0.2) is 59.8 Å². The number of hydrogen-bond donors (Lipinski definition) is 1. The van der Waals surface area contributed by atoms with E-state index in [1.807, 2.05) is 55.5 Å². The number of carbonyl (C=O) groups is 2. The zero-order chi connectivity index (χ0) is 20.4. The number of rotatable bonds is 5. The van der Waals surface area contributed by atoms with Gasteiger partial charge in [-0.15, -0.1) is 0 Å². The lowest BCUT2D eigenvalue weighted by molar-refractivity contribution is -0.122. The van der Waals surface area contributed by atoms with Gasteiger partial charge >= 0.3 is 0 Å². The second kappa shape index (κ2) is 8.11. The number of ether oxygens (including phenoxy) is 2. The van der Waals surface area contributed by atoms with Crippen LogP contribution in [0.4, 0.5) is 0 Å². The SMILES string of the molecule is CCOc1ccccc1C1CC(=O)NC2=C1C(=O)CC(c1cccc(OC)c1)C2. The minimum Gasteiger partial charge on any atom is -0.497 e. The minimum atomic E-state index is -0.264. The number of ketones is 1. The van der Waals surface area contributed by atoms with Crippen molar-refractivity contribution in [3.05, 3.63) is 70.9 Å². The average Bonchev–Trinajstić information content (AvgIpc) is 2.73. The molecule has 0 aromatic heterocycles. The zero-order valence-electron chi connectivity index (χ0n) is 16.7. The lowest BCUT2D eigenvalue weighted by atomic mass is 9.73. The van der Waals surface area contributed by atoms with Crippen LogP contribution >= 0.6 is 0 Å². The maximum atomic E-state index is 13.2. The first kappa shape index (κ1) is 19.2. The molecule has 2 aliphatic rings. The summed E-state index contributed by atoms with van der Waals surface area (Å²) in [5.41, 5.74) is 3.44. The summed E-state index contributed by atoms with van der Waals surface area (Å²) in [6.07, 6.45) is 1.32. The third kappa shape index (κ3) is 3.77. The van der Waals surface area contributed by atoms with E-state index in [4.69, 9.17) is 9.47 Å². The fourth-order valence-corrected chi connectivity index (χ4v) is 4.41. The number of carbonyl (C=O) groups excluding carboxylic acids is 2. The first-order valence-electron chi connectivity index (χ1n) is 10.0. The maximum Gasteiger partial charge on any atom is 0.225 e. The van der Waals surface area contributed by atoms with E-state index in [-0.39, 0.29) is 29.9 Å². The third-order valence-electron chi connectivity index (χ3n) is 5.70. The Morgan fingerprint density at radius 3 is 2.66 bits per heavy atom. The number of hydrogen-bond acceptors (Lipinski definition) is 4. The van der Waals surface area contributed by atoms with Crippen LogP contribution in [0, 0.1) is 0 Å². The Balaban J connectivity index is 1.72. The molecule has 150 valence electrons. The van der Waals surface area contributed by atoms with Gasteiger partial charge in [0.05, 0.1) is 13.7 Å². The van der Waals surface area contributed by atoms with Gasteiger partial charge in [0.2, 0.25) is 5.91 Å². The highest BCUT2D eigenvalue weighted by Crippen LogP contribution is 2.44. The number of para-hydroxylation sites is 1. The van der Waals surface area contributed by atoms with Gasteiger partial charge in [-0.1, -0.05) is 30.3 Å². The molecule has 2 atom stereocenters. The van der Waals surface area contributed by atoms with Gasteiger partial charge in [0.25, 0.3) is 0 Å². The number of Topliss-reactive ketones (excluding diaryl/α,β-unsaturated/α-hetero) is 1. The summed E-state index contributed by atoms with van der Waals surface area (Å²) in [5.74, 6) is 1.31. The van der Waals surface area contributed by atoms with Crippen LogP contribution in [0.5, 0.6) is 11.5 Å². The Bertz CT molecular complexity index is 978. The maximum absolute atomic E-state index is 13.2. The van der Waals surface area contributed by atoms with Crippen molar-refractivity contribution in [3.63, 3.8) is 0 Å². The molecule has 0 spiro atoms. The van der Waals surface area contributed by atoms with Crippen LogP contribution in [0.2, 0.25) is 0 Å². The van der Waals surface area contributed by atoms with E-state index in [9.17, 15) is 9.59 Å². The molecule has 29 heavy (non-hydrogen) atoms. The van der Waals surface area contributed by atoms with Gasteiger partial charge in [0, 0.05) is 35.6 Å². The molecule has 0 saturated carbocycles. The second-order valence-electron chi connectivity index (χ2n) is 7.47. The molecule has 1 heterocycles. The van der Waals surface area contributed by atoms with Gasteiger partial charge in [0.15, 0.2) is 5.78 Å². The summed E-state index contributed by atoms with van der Waals surface area (Å²) in [4.78, 5) is 25.7. The highest BCUT2D eigenvalue weighted by molar-refractivity contribution is 6.02. The molecule has 4 rings (SSSR count). The van der Waals surface area contributed by atoms with E-state index in [2.05, 4.69) is 5.32 Å². The standard InChI is InChI=1S/C24H25NO4/c1-3-29-22-10-5-4-9-18(22)19-14-23(27)25-20-12-16(13-21(26)24(19)20)15-7-6-8-17(11-15)28-2/h4-11,16,19H,3,12-14H2,1-2H3,(H,25,27). The van der Waals surface area contributed by atoms with E-state index >= 15 is 0 Å². The van der Waals surface area contributed by atoms with Crippen molar-refractivity contribution in [1.29, 1.82) is 0 Å². The molecule has 0 saturated heterocycles. The summed E-state index contributed by atoms with van der Waals surface area (Å²) >= 11 is 0. The van der Waals surface area contributed by atoms with E-state index in [0.29, 0.717) is 19.4 Å². The first-order chi connectivity index (χ1) is 14.1. The van der Waals surface area contributed by atoms with E-state index in [0.717, 1.165) is 33.9 Å². The molecule has 2 aromatic carbocycles. The van der Waals surface area contributed by atoms with Crippen molar-refractivity contribution in [3.8, 4) is 11.5 Å². The zero-order valence-corrected chi connectivity index (χ0v) is 16.7. The molecule has 0 radical (unpaired) electrons. The number of amides is 1. The largest absolute Gasteiger partial charge is 0.497 e. The predicted octanol–water partition coefficient (Wildman–Crippen LogP) is 4.10. The monoisotopic (exact) mass is 391 g/mol. The molecule has 0 bridgehead atoms. The van der Waals surface area contributed by atoms with Gasteiger partial charge in [-0.25, -0.2) is 0 Å². The van der Waals surface area contributed by atoms with Crippen LogP contribution in [0.3, 0.4) is 0 Å². The van der Waals surface area contributed by atoms with Crippen molar-refractivity contribution >= 4 is 11.7 Å². The summed E-state index contributed by atoms with van der Waals surface area (Å²) in [5, 5.41) is 2.98. The highest BCUT2D eigenvalue weighted by atomic mass is 16.5. The van der Waals surface area contributed by atoms with Crippen molar-refractivity contribution < 1.29 is 19.1 Å². The van der Waals surface area contributed by atoms with Gasteiger partial charge in [-0.2, -0.15) is 0 Å². The molecule has 5 nitrogen and oxygen atoms in total. The van der Waals surface area contributed by atoms with Crippen molar-refractivity contribution in [1.82, 2.24) is 5.32 Å². The summed E-state index contributed by atoms with van der Waals surface area (Å²) < 4.78 is 11.1. The first-order valence-corrected chi connectivity index (χ1v) is 10.0. The Kier molecular flexibility index (Phi) is 5.38. The average molecular weight is 391 g/mol. The number of methoxy groups -OCH3 is 1. The van der Waals surface area contributed by atoms with Gasteiger partial charge in [0.1, 0.15) is 11.5 Å². The molecule has 1 aliphatic heterocycles. The smallest absolute Gasteiger partial charge is 0.225 e. The quantitative estimate of drug-likeness (QED) is 0.834. The Morgan fingerprint density at radius 1 is 1.03 bits per heavy atom. The van der Waals surface area contributed by atoms with Crippen molar-refractivity contribution in [2.45, 2.75) is 38.0 Å². The predicted molar refractivity (Wildman–Crippen MR) is 110 cm³/mol. The number of benzene rings is 2. The Morgan fingerprint density at radius 2 is 1.86 bits per heavy atom. The Hall–Kier alpha value is -3.08. The fourth-order valence-electron chi connectivity index (χ4n) is 4.41. The van der Waals surface area contributed by atoms with Crippen LogP contribution in [0.1, 0.15) is 49.1 Å². The lowest BCUT2D eigenvalue weighted by Gasteiger charge is -2.35. The van der Waals surface area contributed by atoms with E-state index in [1.54, 1.807) is 7.11 Å². The second-order valence-corrected chi connectivity index (χ2v) is 7.47. The summed E-state index contributed by atoms with van der Waals surface area (Å²) in [6.45, 7) is 2.47. The topological polar surface area (TPSA) is 64.6 Å². The van der Waals surface area contributed by atoms with Gasteiger partial charge < -0.3 is 14.8 Å². The van der Waals surface area contributed by atoms with Crippen LogP contribution < -0.4 is 14.8 Å². The molecule has 1 N–H and O–H groups in total. The molecular formula is C24H25NO4. The van der Waals surface area contributed by atoms with Crippen LogP contribution in [-0.2, 0) is 9.59 Å². The number of allylic oxidation sites excluding steroid dienone is 2. The molecule has 0 fully saturated rings. The van der Waals surface area contributed by atoms with E-state index in [1.165, 1.54) is 0 Å². The molecule has 1 amide bonds. The molecule has 2 unspecified atom stereocenters. The fraction of sp³-hybridized carbons (Fsp3) is 0.333. The van der Waals surface area contributed by atoms with Crippen LogP contribution in [0.25, 0.3) is 0 Å². The van der Waals surface area contributed by atoms with Gasteiger partial charge in [-0.3, -0.25) is 9.59 Å². The molecule has 2 aromatic rings. The van der Waals surface area contributed by atoms with Crippen LogP contribution in [-0.4, -0.2) is 25.4 Å². The van der Waals surface area contributed by atoms with E-state index < -0.39 is 0 Å². The normalized spacial score (nSPS) is 21.4. The Labute approximate surface area is 170 Å². The highest BCUT2D eigenvalue weighted by Gasteiger charge is 2.39. The summed E-state index contributed by atoms with van der Waals surface area (Å²) in [6, 6.07) is 15.5. The molecule has 5 heteroatoms. The molecule has 1 aliphatic carbocycles. The van der Waals surface area contributed by atoms with Crippen molar-refractivity contribution in [2.24, 2.45) is 0 Å². The summed E-state index contributed by atoms with van der Waals surface area (Å²) in [7, 11) is 1.63. The number of nitrogens with one attached hydrogen (secondary N) is 1. The van der Waals surface area contributed by atoms with Gasteiger partial charge in [-0.05, 0) is 43.0 Å². The third-order valence-corrected chi connectivity index (χ3v) is 5.70. The lowest BCUT2D eigenvalue weighted by Crippen LogP contribution is -2.38. The van der Waals surface area contributed by atoms with Crippen molar-refractivity contribution in [2.75, 3.05) is 13.7 Å².